The van der Waals surface area contributed by atoms with Crippen molar-refractivity contribution in [1.82, 2.24) is 5.32 Å². The summed E-state index contributed by atoms with van der Waals surface area (Å²) in [4.78, 5) is 1.04. The van der Waals surface area contributed by atoms with E-state index in [0.29, 0.717) is 8.81 Å². The highest BCUT2D eigenvalue weighted by molar-refractivity contribution is 9.10. The van der Waals surface area contributed by atoms with Crippen LogP contribution in [0.2, 0.25) is 4.34 Å². The molecule has 1 atom stereocenters. The van der Waals surface area contributed by atoms with E-state index < -0.39 is 0 Å². The van der Waals surface area contributed by atoms with Gasteiger partial charge in [0.2, 0.25) is 0 Å². The van der Waals surface area contributed by atoms with Crippen LogP contribution < -0.4 is 5.32 Å². The van der Waals surface area contributed by atoms with Crippen molar-refractivity contribution in [2.24, 2.45) is 0 Å². The Morgan fingerprint density at radius 3 is 2.50 bits per heavy atom. The fourth-order valence-electron chi connectivity index (χ4n) is 1.67. The summed E-state index contributed by atoms with van der Waals surface area (Å²) in [6, 6.07) is 7.00. The van der Waals surface area contributed by atoms with Crippen molar-refractivity contribution in [2.75, 3.05) is 7.05 Å². The van der Waals surface area contributed by atoms with Crippen LogP contribution in [0.1, 0.15) is 16.5 Å². The van der Waals surface area contributed by atoms with E-state index in [9.17, 15) is 4.39 Å². The minimum absolute atomic E-state index is 0.0681. The Bertz CT molecular complexity index is 554. The SMILES string of the molecule is CNC(c1ccc(Br)c(F)c1)c1cc(Br)c(Cl)s1. The summed E-state index contributed by atoms with van der Waals surface area (Å²) in [5.41, 5.74) is 0.864. The Morgan fingerprint density at radius 1 is 1.28 bits per heavy atom. The normalized spacial score (nSPS) is 12.7. The third-order valence-corrected chi connectivity index (χ3v) is 5.70. The average molecular weight is 414 g/mol. The topological polar surface area (TPSA) is 12.0 Å². The Hall–Kier alpha value is 0.0600. The van der Waals surface area contributed by atoms with Crippen molar-refractivity contribution in [2.45, 2.75) is 6.04 Å². The Morgan fingerprint density at radius 2 is 2.00 bits per heavy atom. The number of hydrogen-bond donors (Lipinski definition) is 1. The molecule has 1 aromatic carbocycles. The molecule has 2 rings (SSSR count). The number of thiophene rings is 1. The van der Waals surface area contributed by atoms with Gasteiger partial charge >= 0.3 is 0 Å². The van der Waals surface area contributed by atoms with Crippen LogP contribution in [0, 0.1) is 5.82 Å². The zero-order valence-corrected chi connectivity index (χ0v) is 14.1. The molecule has 0 bridgehead atoms. The van der Waals surface area contributed by atoms with Crippen LogP contribution in [0.3, 0.4) is 0 Å². The highest BCUT2D eigenvalue weighted by Crippen LogP contribution is 2.37. The predicted molar refractivity (Wildman–Crippen MR) is 82.0 cm³/mol. The Labute approximate surface area is 131 Å². The van der Waals surface area contributed by atoms with E-state index in [1.807, 2.05) is 19.2 Å². The van der Waals surface area contributed by atoms with E-state index in [2.05, 4.69) is 37.2 Å². The van der Waals surface area contributed by atoms with E-state index >= 15 is 0 Å². The largest absolute Gasteiger partial charge is 0.309 e. The van der Waals surface area contributed by atoms with Crippen molar-refractivity contribution in [3.8, 4) is 0 Å². The predicted octanol–water partition coefficient (Wildman–Crippen LogP) is 5.37. The second-order valence-corrected chi connectivity index (χ2v) is 7.06. The third-order valence-electron chi connectivity index (χ3n) is 2.51. The molecule has 0 spiro atoms. The first-order valence-corrected chi connectivity index (χ1v) is 7.88. The zero-order valence-electron chi connectivity index (χ0n) is 9.31. The van der Waals surface area contributed by atoms with Crippen LogP contribution in [0.4, 0.5) is 4.39 Å². The van der Waals surface area contributed by atoms with Crippen molar-refractivity contribution in [3.63, 3.8) is 0 Å². The first-order chi connectivity index (χ1) is 8.52. The van der Waals surface area contributed by atoms with Crippen LogP contribution in [0.5, 0.6) is 0 Å². The Balaban J connectivity index is 2.41. The second-order valence-electron chi connectivity index (χ2n) is 3.67. The molecule has 0 radical (unpaired) electrons. The molecule has 0 aliphatic heterocycles. The van der Waals surface area contributed by atoms with Crippen molar-refractivity contribution < 1.29 is 4.39 Å². The minimum Gasteiger partial charge on any atom is -0.309 e. The maximum Gasteiger partial charge on any atom is 0.137 e. The van der Waals surface area contributed by atoms with Gasteiger partial charge in [-0.2, -0.15) is 0 Å². The van der Waals surface area contributed by atoms with E-state index in [0.717, 1.165) is 14.9 Å². The molecule has 0 aliphatic carbocycles. The summed E-state index contributed by atoms with van der Waals surface area (Å²) in [6.45, 7) is 0. The molecule has 2 aromatic rings. The maximum atomic E-state index is 13.6. The summed E-state index contributed by atoms with van der Waals surface area (Å²) < 4.78 is 15.6. The number of rotatable bonds is 3. The van der Waals surface area contributed by atoms with E-state index in [1.165, 1.54) is 17.4 Å². The number of halogens is 4. The van der Waals surface area contributed by atoms with Gasteiger partial charge < -0.3 is 5.32 Å². The lowest BCUT2D eigenvalue weighted by atomic mass is 10.1. The molecular weight excluding hydrogens is 404 g/mol. The smallest absolute Gasteiger partial charge is 0.137 e. The minimum atomic E-state index is -0.269. The molecule has 0 aliphatic rings. The molecule has 1 nitrogen and oxygen atoms in total. The van der Waals surface area contributed by atoms with Gasteiger partial charge in [0.1, 0.15) is 10.2 Å². The number of benzene rings is 1. The van der Waals surface area contributed by atoms with Crippen LogP contribution in [0.25, 0.3) is 0 Å². The van der Waals surface area contributed by atoms with E-state index in [-0.39, 0.29) is 11.9 Å². The molecule has 0 amide bonds. The van der Waals surface area contributed by atoms with Crippen LogP contribution in [-0.4, -0.2) is 7.05 Å². The summed E-state index contributed by atoms with van der Waals surface area (Å²) >= 11 is 14.0. The summed E-state index contributed by atoms with van der Waals surface area (Å²) in [6.07, 6.45) is 0. The second kappa shape index (κ2) is 6.01. The number of nitrogens with one attached hydrogen (secondary N) is 1. The zero-order chi connectivity index (χ0) is 13.3. The lowest BCUT2D eigenvalue weighted by Gasteiger charge is -2.15. The molecule has 0 saturated carbocycles. The Kier molecular flexibility index (Phi) is 4.83. The van der Waals surface area contributed by atoms with Gasteiger partial charge in [0.25, 0.3) is 0 Å². The van der Waals surface area contributed by atoms with E-state index in [1.54, 1.807) is 6.07 Å². The average Bonchev–Trinajstić information content (AvgIpc) is 2.65. The molecule has 96 valence electrons. The van der Waals surface area contributed by atoms with Crippen LogP contribution in [0.15, 0.2) is 33.2 Å². The van der Waals surface area contributed by atoms with Crippen molar-refractivity contribution in [3.05, 3.63) is 53.8 Å². The van der Waals surface area contributed by atoms with Gasteiger partial charge in [0.05, 0.1) is 10.5 Å². The van der Waals surface area contributed by atoms with Gasteiger partial charge in [-0.25, -0.2) is 4.39 Å². The number of hydrogen-bond acceptors (Lipinski definition) is 2. The molecule has 6 heteroatoms. The van der Waals surface area contributed by atoms with Gasteiger partial charge in [-0.3, -0.25) is 0 Å². The molecule has 1 aromatic heterocycles. The lowest BCUT2D eigenvalue weighted by molar-refractivity contribution is 0.611. The monoisotopic (exact) mass is 411 g/mol. The quantitative estimate of drug-likeness (QED) is 0.713. The molecule has 1 unspecified atom stereocenters. The van der Waals surface area contributed by atoms with Crippen molar-refractivity contribution >= 4 is 54.8 Å². The van der Waals surface area contributed by atoms with Gasteiger partial charge in [-0.15, -0.1) is 11.3 Å². The van der Waals surface area contributed by atoms with Gasteiger partial charge in [-0.05, 0) is 62.7 Å². The molecular formula is C12H9Br2ClFNS. The van der Waals surface area contributed by atoms with Gasteiger partial charge in [-0.1, -0.05) is 17.7 Å². The first-order valence-electron chi connectivity index (χ1n) is 5.10. The standard InChI is InChI=1S/C12H9Br2ClFNS/c1-17-11(10-5-8(14)12(15)18-10)6-2-3-7(13)9(16)4-6/h2-5,11,17H,1H3. The van der Waals surface area contributed by atoms with Crippen LogP contribution >= 0.6 is 54.8 Å². The highest BCUT2D eigenvalue weighted by Gasteiger charge is 2.17. The fourth-order valence-corrected chi connectivity index (χ4v) is 3.79. The molecule has 0 saturated heterocycles. The maximum absolute atomic E-state index is 13.6. The summed E-state index contributed by atoms with van der Waals surface area (Å²) in [5.74, 6) is -0.269. The fraction of sp³-hybridized carbons (Fsp3) is 0.167. The van der Waals surface area contributed by atoms with Gasteiger partial charge in [0, 0.05) is 9.35 Å². The summed E-state index contributed by atoms with van der Waals surface area (Å²) in [7, 11) is 1.84. The summed E-state index contributed by atoms with van der Waals surface area (Å²) in [5, 5.41) is 3.17. The molecule has 18 heavy (non-hydrogen) atoms. The van der Waals surface area contributed by atoms with Crippen LogP contribution in [-0.2, 0) is 0 Å². The highest BCUT2D eigenvalue weighted by atomic mass is 79.9. The lowest BCUT2D eigenvalue weighted by Crippen LogP contribution is -2.16. The van der Waals surface area contributed by atoms with Gasteiger partial charge in [0.15, 0.2) is 0 Å². The molecule has 1 N–H and O–H groups in total. The van der Waals surface area contributed by atoms with Crippen molar-refractivity contribution in [1.29, 1.82) is 0 Å². The first kappa shape index (κ1) is 14.5. The molecule has 1 heterocycles. The third kappa shape index (κ3) is 2.96. The van der Waals surface area contributed by atoms with E-state index in [4.69, 9.17) is 11.6 Å². The molecule has 0 fully saturated rings.